The number of aliphatic hydroxyl groups excluding tert-OH is 1. The van der Waals surface area contributed by atoms with Gasteiger partial charge in [-0.1, -0.05) is 36.7 Å². The highest BCUT2D eigenvalue weighted by Crippen LogP contribution is 2.68. The van der Waals surface area contributed by atoms with Crippen LogP contribution in [0.3, 0.4) is 0 Å². The highest BCUT2D eigenvalue weighted by atomic mass is 79.9. The standard InChI is InChI=1S/C26H41BrO5/c1-14(11-21(27)24(30)31)18-5-6-19-23-20(8-10-26(18,19)4)25(3)9-7-17(29)12-16(25)13-22(23)32-15(2)28/h14,16-23,29H,5-13H2,1-4H3,(H,30,31)/t14-,16?,17-,18?,19?,20?,21?,22+,23?,25+,26-/m1/s1. The monoisotopic (exact) mass is 512 g/mol. The third kappa shape index (κ3) is 4.06. The van der Waals surface area contributed by atoms with Crippen molar-refractivity contribution in [3.8, 4) is 0 Å². The molecule has 0 amide bonds. The van der Waals surface area contributed by atoms with Gasteiger partial charge in [-0.25, -0.2) is 0 Å². The summed E-state index contributed by atoms with van der Waals surface area (Å²) in [5.74, 6) is 1.73. The SMILES string of the molecule is CC(=O)O[C@H]1CC2C[C@H](O)CC[C@]2(C)C2CC[C@@]3(C)C(CCC3[C@H](C)CC(Br)C(=O)O)C21. The molecule has 0 radical (unpaired) electrons. The Kier molecular flexibility index (Phi) is 6.79. The van der Waals surface area contributed by atoms with Gasteiger partial charge in [-0.05, 0) is 98.2 Å². The van der Waals surface area contributed by atoms with Crippen molar-refractivity contribution >= 4 is 27.9 Å². The lowest BCUT2D eigenvalue weighted by Gasteiger charge is -2.62. The Bertz CT molecular complexity index is 742. The minimum atomic E-state index is -0.777. The zero-order valence-electron chi connectivity index (χ0n) is 20.1. The number of rotatable bonds is 5. The molecule has 0 aromatic heterocycles. The highest BCUT2D eigenvalue weighted by Gasteiger charge is 2.63. The summed E-state index contributed by atoms with van der Waals surface area (Å²) in [4.78, 5) is 23.0. The lowest BCUT2D eigenvalue weighted by atomic mass is 9.43. The Morgan fingerprint density at radius 2 is 1.72 bits per heavy atom. The van der Waals surface area contributed by atoms with Gasteiger partial charge in [-0.15, -0.1) is 0 Å². The summed E-state index contributed by atoms with van der Waals surface area (Å²) in [5, 5.41) is 19.8. The largest absolute Gasteiger partial charge is 0.480 e. The van der Waals surface area contributed by atoms with Crippen molar-refractivity contribution in [2.45, 2.75) is 103 Å². The molecule has 0 heterocycles. The molecule has 0 aliphatic heterocycles. The van der Waals surface area contributed by atoms with Crippen LogP contribution in [0.15, 0.2) is 0 Å². The molecule has 0 saturated heterocycles. The summed E-state index contributed by atoms with van der Waals surface area (Å²) < 4.78 is 6.03. The first-order valence-corrected chi connectivity index (χ1v) is 13.6. The minimum Gasteiger partial charge on any atom is -0.480 e. The molecule has 182 valence electrons. The normalized spacial score (nSPS) is 47.5. The van der Waals surface area contributed by atoms with Crippen molar-refractivity contribution in [2.24, 2.45) is 46.3 Å². The predicted molar refractivity (Wildman–Crippen MR) is 126 cm³/mol. The third-order valence-electron chi connectivity index (χ3n) is 10.6. The smallest absolute Gasteiger partial charge is 0.317 e. The molecule has 4 aliphatic carbocycles. The van der Waals surface area contributed by atoms with Crippen molar-refractivity contribution < 1.29 is 24.5 Å². The number of fused-ring (bicyclic) bond motifs is 5. The van der Waals surface area contributed by atoms with E-state index in [0.29, 0.717) is 41.9 Å². The van der Waals surface area contributed by atoms with Gasteiger partial charge in [0.1, 0.15) is 10.9 Å². The van der Waals surface area contributed by atoms with Crippen LogP contribution in [-0.4, -0.2) is 39.2 Å². The number of carbonyl (C=O) groups excluding carboxylic acids is 1. The average Bonchev–Trinajstić information content (AvgIpc) is 3.06. The Hall–Kier alpha value is -0.620. The fourth-order valence-electron chi connectivity index (χ4n) is 9.08. The molecule has 2 N–H and O–H groups in total. The third-order valence-corrected chi connectivity index (χ3v) is 11.3. The van der Waals surface area contributed by atoms with Crippen LogP contribution in [0.25, 0.3) is 0 Å². The summed E-state index contributed by atoms with van der Waals surface area (Å²) in [6.45, 7) is 8.65. The van der Waals surface area contributed by atoms with E-state index in [1.165, 1.54) is 13.3 Å². The van der Waals surface area contributed by atoms with Crippen molar-refractivity contribution in [3.63, 3.8) is 0 Å². The first-order valence-electron chi connectivity index (χ1n) is 12.7. The molecule has 6 unspecified atom stereocenters. The van der Waals surface area contributed by atoms with Crippen molar-refractivity contribution in [1.29, 1.82) is 0 Å². The summed E-state index contributed by atoms with van der Waals surface area (Å²) in [6, 6.07) is 0. The van der Waals surface area contributed by atoms with Gasteiger partial charge < -0.3 is 14.9 Å². The first-order chi connectivity index (χ1) is 15.0. The first kappa shape index (κ1) is 24.5. The zero-order valence-corrected chi connectivity index (χ0v) is 21.6. The Morgan fingerprint density at radius 3 is 2.38 bits per heavy atom. The summed E-state index contributed by atoms with van der Waals surface area (Å²) in [7, 11) is 0. The molecule has 6 heteroatoms. The summed E-state index contributed by atoms with van der Waals surface area (Å²) >= 11 is 3.36. The topological polar surface area (TPSA) is 83.8 Å². The number of hydrogen-bond donors (Lipinski definition) is 2. The molecule has 5 nitrogen and oxygen atoms in total. The van der Waals surface area contributed by atoms with E-state index >= 15 is 0 Å². The molecular weight excluding hydrogens is 472 g/mol. The van der Waals surface area contributed by atoms with Crippen molar-refractivity contribution in [2.75, 3.05) is 0 Å². The van der Waals surface area contributed by atoms with E-state index in [0.717, 1.165) is 44.9 Å². The van der Waals surface area contributed by atoms with Crippen LogP contribution in [0.4, 0.5) is 0 Å². The number of carbonyl (C=O) groups is 2. The maximum absolute atomic E-state index is 12.1. The van der Waals surface area contributed by atoms with Gasteiger partial charge >= 0.3 is 11.9 Å². The number of aliphatic hydroxyl groups is 1. The molecule has 0 spiro atoms. The van der Waals surface area contributed by atoms with E-state index in [2.05, 4.69) is 36.7 Å². The van der Waals surface area contributed by atoms with Crippen molar-refractivity contribution in [1.82, 2.24) is 0 Å². The molecular formula is C26H41BrO5. The molecule has 0 aromatic rings. The number of carboxylic acid groups (broad SMARTS) is 1. The Morgan fingerprint density at radius 1 is 1.06 bits per heavy atom. The lowest BCUT2D eigenvalue weighted by Crippen LogP contribution is -2.59. The van der Waals surface area contributed by atoms with Crippen molar-refractivity contribution in [3.05, 3.63) is 0 Å². The number of hydrogen-bond acceptors (Lipinski definition) is 4. The predicted octanol–water partition coefficient (Wildman–Crippen LogP) is 5.42. The van der Waals surface area contributed by atoms with Crippen LogP contribution in [0, 0.1) is 46.3 Å². The maximum Gasteiger partial charge on any atom is 0.317 e. The van der Waals surface area contributed by atoms with E-state index in [-0.39, 0.29) is 29.0 Å². The number of halogens is 1. The van der Waals surface area contributed by atoms with Gasteiger partial charge in [-0.2, -0.15) is 0 Å². The number of aliphatic carboxylic acids is 1. The lowest BCUT2D eigenvalue weighted by molar-refractivity contribution is -0.194. The van der Waals surface area contributed by atoms with E-state index < -0.39 is 10.8 Å². The van der Waals surface area contributed by atoms with Gasteiger partial charge in [0.25, 0.3) is 0 Å². The van der Waals surface area contributed by atoms with E-state index in [4.69, 9.17) is 4.74 Å². The zero-order chi connectivity index (χ0) is 23.4. The van der Waals surface area contributed by atoms with Gasteiger partial charge in [0.05, 0.1) is 6.10 Å². The molecule has 0 aromatic carbocycles. The van der Waals surface area contributed by atoms with Crippen LogP contribution in [-0.2, 0) is 14.3 Å². The molecule has 4 fully saturated rings. The maximum atomic E-state index is 12.1. The van der Waals surface area contributed by atoms with E-state index in [9.17, 15) is 19.8 Å². The molecule has 11 atom stereocenters. The molecule has 4 saturated carbocycles. The second-order valence-corrected chi connectivity index (χ2v) is 13.2. The van der Waals surface area contributed by atoms with Crippen LogP contribution in [0.2, 0.25) is 0 Å². The van der Waals surface area contributed by atoms with Gasteiger partial charge in [0.15, 0.2) is 0 Å². The van der Waals surface area contributed by atoms with Gasteiger partial charge in [0, 0.05) is 12.8 Å². The number of carboxylic acids is 1. The number of esters is 1. The van der Waals surface area contributed by atoms with Crippen LogP contribution >= 0.6 is 15.9 Å². The van der Waals surface area contributed by atoms with E-state index in [1.807, 2.05) is 0 Å². The van der Waals surface area contributed by atoms with E-state index in [1.54, 1.807) is 0 Å². The molecule has 4 rings (SSSR count). The van der Waals surface area contributed by atoms with Crippen LogP contribution < -0.4 is 0 Å². The fourth-order valence-corrected chi connectivity index (χ4v) is 9.67. The second-order valence-electron chi connectivity index (χ2n) is 12.1. The molecule has 4 aliphatic rings. The second kappa shape index (κ2) is 8.87. The highest BCUT2D eigenvalue weighted by molar-refractivity contribution is 9.10. The summed E-state index contributed by atoms with van der Waals surface area (Å²) in [5.41, 5.74) is 0.386. The van der Waals surface area contributed by atoms with Gasteiger partial charge in [0.2, 0.25) is 0 Å². The Labute approximate surface area is 201 Å². The average molecular weight is 514 g/mol. The Balaban J connectivity index is 1.62. The van der Waals surface area contributed by atoms with Gasteiger partial charge in [-0.3, -0.25) is 9.59 Å². The minimum absolute atomic E-state index is 0.0532. The van der Waals surface area contributed by atoms with Crippen LogP contribution in [0.1, 0.15) is 85.5 Å². The number of alkyl halides is 1. The van der Waals surface area contributed by atoms with Crippen LogP contribution in [0.5, 0.6) is 0 Å². The number of ether oxygens (including phenoxy) is 1. The molecule has 32 heavy (non-hydrogen) atoms. The quantitative estimate of drug-likeness (QED) is 0.379. The molecule has 0 bridgehead atoms. The summed E-state index contributed by atoms with van der Waals surface area (Å²) in [6.07, 6.45) is 8.65. The fraction of sp³-hybridized carbons (Fsp3) is 0.923.